The molecule has 1 nitrogen and oxygen atoms in total. The summed E-state index contributed by atoms with van der Waals surface area (Å²) < 4.78 is 9.28. The Morgan fingerprint density at radius 2 is 1.07 bits per heavy atom. The minimum absolute atomic E-state index is 0.0302. The van der Waals surface area contributed by atoms with E-state index in [2.05, 4.69) is 128 Å². The lowest BCUT2D eigenvalue weighted by molar-refractivity contribution is 0.417. The molecule has 0 fully saturated rings. The van der Waals surface area contributed by atoms with Crippen molar-refractivity contribution in [2.24, 2.45) is 0 Å². The molecule has 0 unspecified atom stereocenters. The maximum Gasteiger partial charge on any atom is 0.134 e. The Morgan fingerprint density at radius 1 is 0.571 bits per heavy atom. The third kappa shape index (κ3) is 5.24. The highest BCUT2D eigenvalue weighted by molar-refractivity contribution is 7.19. The van der Waals surface area contributed by atoms with Gasteiger partial charge in [-0.2, -0.15) is 0 Å². The van der Waals surface area contributed by atoms with Crippen molar-refractivity contribution in [1.82, 2.24) is 0 Å². The van der Waals surface area contributed by atoms with Gasteiger partial charge in [0.1, 0.15) is 11.3 Å². The normalized spacial score (nSPS) is 13.1. The molecule has 42 heavy (non-hydrogen) atoms. The van der Waals surface area contributed by atoms with Crippen LogP contribution >= 0.6 is 22.7 Å². The van der Waals surface area contributed by atoms with Gasteiger partial charge in [-0.1, -0.05) is 103 Å². The van der Waals surface area contributed by atoms with Crippen LogP contribution in [0.2, 0.25) is 0 Å². The maximum absolute atomic E-state index is 6.46. The molecule has 0 atom stereocenters. The number of thiophene rings is 2. The molecule has 0 saturated heterocycles. The van der Waals surface area contributed by atoms with E-state index in [1.165, 1.54) is 41.6 Å². The molecule has 0 saturated carbocycles. The van der Waals surface area contributed by atoms with Gasteiger partial charge in [0.2, 0.25) is 0 Å². The Kier molecular flexibility index (Phi) is 7.43. The number of fused-ring (bicyclic) bond motifs is 3. The van der Waals surface area contributed by atoms with Crippen molar-refractivity contribution in [3.63, 3.8) is 0 Å². The molecule has 0 radical (unpaired) electrons. The van der Waals surface area contributed by atoms with Crippen molar-refractivity contribution in [3.05, 3.63) is 105 Å². The van der Waals surface area contributed by atoms with E-state index in [0.29, 0.717) is 0 Å². The molecule has 0 spiro atoms. The Bertz CT molecular complexity index is 1880. The molecule has 0 aliphatic rings. The number of hydrogen-bond acceptors (Lipinski definition) is 3. The van der Waals surface area contributed by atoms with E-state index >= 15 is 0 Å². The van der Waals surface area contributed by atoms with E-state index < -0.39 is 0 Å². The molecule has 3 heterocycles. The van der Waals surface area contributed by atoms with E-state index in [9.17, 15) is 0 Å². The summed E-state index contributed by atoms with van der Waals surface area (Å²) in [5.41, 5.74) is 5.53. The molecule has 3 heteroatoms. The summed E-state index contributed by atoms with van der Waals surface area (Å²) in [6, 6.07) is 26.5. The number of aryl methyl sites for hydroxylation is 3. The summed E-state index contributed by atoms with van der Waals surface area (Å²) in [7, 11) is 0. The first kappa shape index (κ1) is 29.2. The summed E-state index contributed by atoms with van der Waals surface area (Å²) in [5, 5.41) is 4.13. The van der Waals surface area contributed by atoms with Crippen LogP contribution in [0.25, 0.3) is 31.1 Å². The van der Waals surface area contributed by atoms with Crippen LogP contribution in [0.15, 0.2) is 77.2 Å². The van der Waals surface area contributed by atoms with Crippen molar-refractivity contribution in [2.75, 3.05) is 0 Å². The van der Waals surface area contributed by atoms with E-state index in [1.807, 2.05) is 22.7 Å². The Morgan fingerprint density at radius 3 is 1.71 bits per heavy atom. The molecule has 0 bridgehead atoms. The first-order valence-corrected chi connectivity index (χ1v) is 17.0. The van der Waals surface area contributed by atoms with Crippen molar-refractivity contribution in [1.29, 1.82) is 0 Å². The topological polar surface area (TPSA) is 13.1 Å². The molecule has 6 aromatic rings. The maximum atomic E-state index is 6.46. The second-order valence-corrected chi connectivity index (χ2v) is 16.5. The number of hydrogen-bond donors (Lipinski definition) is 0. The largest absolute Gasteiger partial charge is 0.460 e. The molecule has 0 aliphatic heterocycles. The van der Waals surface area contributed by atoms with E-state index in [4.69, 9.17) is 4.42 Å². The smallest absolute Gasteiger partial charge is 0.134 e. The van der Waals surface area contributed by atoms with Gasteiger partial charge in [-0.3, -0.25) is 0 Å². The summed E-state index contributed by atoms with van der Waals surface area (Å²) >= 11 is 4.00. The molecule has 3 aromatic heterocycles. The predicted molar refractivity (Wildman–Crippen MR) is 186 cm³/mol. The number of para-hydroxylation sites is 1. The summed E-state index contributed by atoms with van der Waals surface area (Å²) in [4.78, 5) is 3.09. The molecule has 3 aromatic carbocycles. The lowest BCUT2D eigenvalue weighted by atomic mass is 9.78. The third-order valence-electron chi connectivity index (χ3n) is 9.15. The first-order valence-electron chi connectivity index (χ1n) is 15.4. The van der Waals surface area contributed by atoms with Crippen LogP contribution in [-0.2, 0) is 29.1 Å². The lowest BCUT2D eigenvalue weighted by Crippen LogP contribution is -2.21. The lowest BCUT2D eigenvalue weighted by Gasteiger charge is -2.28. The average molecular weight is 593 g/mol. The van der Waals surface area contributed by atoms with Gasteiger partial charge in [0, 0.05) is 35.5 Å². The molecule has 0 amide bonds. The van der Waals surface area contributed by atoms with Gasteiger partial charge in [0.05, 0.1) is 0 Å². The fourth-order valence-corrected chi connectivity index (χ4v) is 9.49. The summed E-state index contributed by atoms with van der Waals surface area (Å²) in [6.07, 6.45) is 4.31. The fraction of sp³-hybridized carbons (Fsp3) is 0.385. The van der Waals surface area contributed by atoms with Crippen LogP contribution in [0.4, 0.5) is 0 Å². The van der Waals surface area contributed by atoms with Gasteiger partial charge < -0.3 is 4.42 Å². The second kappa shape index (κ2) is 10.7. The molecule has 6 rings (SSSR count). The van der Waals surface area contributed by atoms with Gasteiger partial charge in [0.25, 0.3) is 0 Å². The van der Waals surface area contributed by atoms with Crippen molar-refractivity contribution >= 4 is 53.8 Å². The standard InChI is InChI=1S/C39H44OS2/c1-25-26-15-10-13-19-32(26)41-35(25)38(5,6)24-22-30-28-17-11-14-20-33(28)42-36(30)39(7,8)23-21-29-27-16-9-12-18-31(27)40-34(29)37(2,3)4/h9-20H,21-24H2,1-8H3. The van der Waals surface area contributed by atoms with Crippen LogP contribution < -0.4 is 0 Å². The first-order chi connectivity index (χ1) is 19.9. The zero-order valence-corrected chi connectivity index (χ0v) is 28.1. The SMILES string of the molecule is Cc1c(C(C)(C)CCc2c(C(C)(C)CCc3c(C(C)(C)C)oc4ccccc34)sc3ccccc23)sc2ccccc12. The van der Waals surface area contributed by atoms with Crippen molar-refractivity contribution in [3.8, 4) is 0 Å². The minimum atomic E-state index is -0.0302. The number of furan rings is 1. The van der Waals surface area contributed by atoms with E-state index in [1.54, 1.807) is 10.4 Å². The van der Waals surface area contributed by atoms with Crippen LogP contribution in [0.5, 0.6) is 0 Å². The third-order valence-corrected chi connectivity index (χ3v) is 12.4. The van der Waals surface area contributed by atoms with E-state index in [-0.39, 0.29) is 16.2 Å². The molecule has 0 N–H and O–H groups in total. The highest BCUT2D eigenvalue weighted by Crippen LogP contribution is 2.46. The predicted octanol–water partition coefficient (Wildman–Crippen LogP) is 12.3. The van der Waals surface area contributed by atoms with Crippen molar-refractivity contribution in [2.45, 2.75) is 97.3 Å². The van der Waals surface area contributed by atoms with Gasteiger partial charge in [0.15, 0.2) is 0 Å². The van der Waals surface area contributed by atoms with Crippen LogP contribution in [-0.4, -0.2) is 0 Å². The van der Waals surface area contributed by atoms with Gasteiger partial charge in [-0.15, -0.1) is 22.7 Å². The molecular weight excluding hydrogens is 549 g/mol. The molecule has 0 aliphatic carbocycles. The minimum Gasteiger partial charge on any atom is -0.460 e. The van der Waals surface area contributed by atoms with E-state index in [0.717, 1.165) is 37.0 Å². The highest BCUT2D eigenvalue weighted by Gasteiger charge is 2.32. The number of rotatable bonds is 8. The zero-order chi connectivity index (χ0) is 29.9. The van der Waals surface area contributed by atoms with Crippen LogP contribution in [0.1, 0.15) is 93.5 Å². The highest BCUT2D eigenvalue weighted by atomic mass is 32.1. The fourth-order valence-electron chi connectivity index (χ4n) is 6.77. The average Bonchev–Trinajstić information content (AvgIpc) is 3.63. The molecule has 218 valence electrons. The van der Waals surface area contributed by atoms with Gasteiger partial charge in [-0.25, -0.2) is 0 Å². The van der Waals surface area contributed by atoms with Gasteiger partial charge in [-0.05, 0) is 83.5 Å². The molecular formula is C39H44OS2. The Balaban J connectivity index is 1.33. The van der Waals surface area contributed by atoms with Gasteiger partial charge >= 0.3 is 0 Å². The Labute approximate surface area is 259 Å². The van der Waals surface area contributed by atoms with Crippen LogP contribution in [0, 0.1) is 6.92 Å². The number of benzene rings is 3. The summed E-state index contributed by atoms with van der Waals surface area (Å²) in [5.74, 6) is 1.14. The van der Waals surface area contributed by atoms with Crippen molar-refractivity contribution < 1.29 is 4.42 Å². The summed E-state index contributed by atoms with van der Waals surface area (Å²) in [6.45, 7) is 18.9. The quantitative estimate of drug-likeness (QED) is 0.171. The van der Waals surface area contributed by atoms with Crippen LogP contribution in [0.3, 0.4) is 0 Å². The zero-order valence-electron chi connectivity index (χ0n) is 26.5. The second-order valence-electron chi connectivity index (χ2n) is 14.4. The monoisotopic (exact) mass is 592 g/mol. The Hall–Kier alpha value is -2.88.